The zero-order valence-electron chi connectivity index (χ0n) is 11.4. The lowest BCUT2D eigenvalue weighted by Gasteiger charge is -2.29. The van der Waals surface area contributed by atoms with Gasteiger partial charge in [0, 0.05) is 31.1 Å². The van der Waals surface area contributed by atoms with Crippen LogP contribution in [0.3, 0.4) is 0 Å². The number of carbonyl (C=O) groups excluding carboxylic acids is 1. The zero-order valence-corrected chi connectivity index (χ0v) is 13.0. The quantitative estimate of drug-likeness (QED) is 0.907. The van der Waals surface area contributed by atoms with Crippen LogP contribution in [0.4, 0.5) is 0 Å². The minimum Gasteiger partial charge on any atom is -0.341 e. The highest BCUT2D eigenvalue weighted by Gasteiger charge is 2.42. The van der Waals surface area contributed by atoms with Crippen LogP contribution in [0.2, 0.25) is 0 Å². The van der Waals surface area contributed by atoms with Crippen molar-refractivity contribution in [1.29, 1.82) is 0 Å². The number of thiophene rings is 1. The number of amides is 1. The lowest BCUT2D eigenvalue weighted by molar-refractivity contribution is -0.135. The number of rotatable bonds is 2. The smallest absolute Gasteiger partial charge is 0.233 e. The summed E-state index contributed by atoms with van der Waals surface area (Å²) in [6.45, 7) is 8.12. The summed E-state index contributed by atoms with van der Waals surface area (Å²) >= 11 is 1.68. The van der Waals surface area contributed by atoms with E-state index in [1.54, 1.807) is 11.3 Å². The lowest BCUT2D eigenvalue weighted by atomic mass is 9.89. The first-order valence-electron chi connectivity index (χ1n) is 6.63. The van der Waals surface area contributed by atoms with Gasteiger partial charge in [-0.05, 0) is 37.1 Å². The van der Waals surface area contributed by atoms with Crippen LogP contribution in [0.15, 0.2) is 17.5 Å². The van der Waals surface area contributed by atoms with Crippen molar-refractivity contribution >= 4 is 29.7 Å². The molecule has 0 aromatic carbocycles. The first-order chi connectivity index (χ1) is 8.59. The fourth-order valence-corrected chi connectivity index (χ4v) is 4.00. The average molecular weight is 301 g/mol. The van der Waals surface area contributed by atoms with Crippen LogP contribution in [0.25, 0.3) is 0 Å². The summed E-state index contributed by atoms with van der Waals surface area (Å²) in [4.78, 5) is 16.0. The molecule has 19 heavy (non-hydrogen) atoms. The van der Waals surface area contributed by atoms with E-state index in [-0.39, 0.29) is 17.8 Å². The second kappa shape index (κ2) is 5.43. The molecule has 2 aliphatic rings. The molecule has 1 aromatic heterocycles. The van der Waals surface area contributed by atoms with Gasteiger partial charge in [0.25, 0.3) is 0 Å². The monoisotopic (exact) mass is 300 g/mol. The van der Waals surface area contributed by atoms with Gasteiger partial charge < -0.3 is 10.2 Å². The normalized spacial score (nSPS) is 26.1. The molecule has 1 N–H and O–H groups in total. The van der Waals surface area contributed by atoms with Crippen LogP contribution >= 0.6 is 23.7 Å². The Hall–Kier alpha value is -0.580. The van der Waals surface area contributed by atoms with E-state index in [0.29, 0.717) is 17.7 Å². The van der Waals surface area contributed by atoms with Gasteiger partial charge in [0.05, 0.1) is 5.41 Å². The van der Waals surface area contributed by atoms with Crippen LogP contribution in [-0.4, -0.2) is 37.0 Å². The van der Waals surface area contributed by atoms with Gasteiger partial charge in [-0.1, -0.05) is 6.07 Å². The molecule has 3 rings (SSSR count). The van der Waals surface area contributed by atoms with Crippen molar-refractivity contribution in [3.8, 4) is 0 Å². The van der Waals surface area contributed by atoms with Crippen molar-refractivity contribution in [2.24, 2.45) is 11.8 Å². The minimum atomic E-state index is -0.375. The summed E-state index contributed by atoms with van der Waals surface area (Å²) in [5, 5.41) is 5.46. The summed E-state index contributed by atoms with van der Waals surface area (Å²) in [7, 11) is 0. The minimum absolute atomic E-state index is 0. The summed E-state index contributed by atoms with van der Waals surface area (Å²) in [6, 6.07) is 4.10. The van der Waals surface area contributed by atoms with Crippen molar-refractivity contribution in [1.82, 2.24) is 10.2 Å². The molecule has 1 amide bonds. The van der Waals surface area contributed by atoms with Gasteiger partial charge in [0.1, 0.15) is 0 Å². The largest absolute Gasteiger partial charge is 0.341 e. The fourth-order valence-electron chi connectivity index (χ4n) is 3.16. The summed E-state index contributed by atoms with van der Waals surface area (Å²) in [5.41, 5.74) is -0.375. The zero-order chi connectivity index (χ0) is 12.8. The van der Waals surface area contributed by atoms with Gasteiger partial charge in [0.2, 0.25) is 5.91 Å². The van der Waals surface area contributed by atoms with Crippen molar-refractivity contribution < 1.29 is 4.79 Å². The summed E-state index contributed by atoms with van der Waals surface area (Å²) < 4.78 is 0. The van der Waals surface area contributed by atoms with E-state index in [0.717, 1.165) is 26.2 Å². The average Bonchev–Trinajstić information content (AvgIpc) is 3.03. The second-order valence-electron chi connectivity index (χ2n) is 5.99. The highest BCUT2D eigenvalue weighted by atomic mass is 35.5. The molecule has 5 heteroatoms. The van der Waals surface area contributed by atoms with Crippen LogP contribution in [0, 0.1) is 11.8 Å². The lowest BCUT2D eigenvalue weighted by Crippen LogP contribution is -2.43. The summed E-state index contributed by atoms with van der Waals surface area (Å²) in [5.74, 6) is 1.64. The Morgan fingerprint density at radius 3 is 2.53 bits per heavy atom. The van der Waals surface area contributed by atoms with Gasteiger partial charge in [-0.15, -0.1) is 23.7 Å². The number of fused-ring (bicyclic) bond motifs is 1. The Bertz CT molecular complexity index is 434. The van der Waals surface area contributed by atoms with Gasteiger partial charge in [-0.3, -0.25) is 4.79 Å². The van der Waals surface area contributed by atoms with Crippen molar-refractivity contribution in [2.45, 2.75) is 19.3 Å². The number of nitrogens with zero attached hydrogens (tertiary/aromatic N) is 1. The third-order valence-corrected chi connectivity index (χ3v) is 5.54. The number of hydrogen-bond donors (Lipinski definition) is 1. The topological polar surface area (TPSA) is 32.3 Å². The Kier molecular flexibility index (Phi) is 4.23. The molecular weight excluding hydrogens is 280 g/mol. The molecular formula is C14H21ClN2OS. The van der Waals surface area contributed by atoms with Gasteiger partial charge in [0.15, 0.2) is 0 Å². The van der Waals surface area contributed by atoms with Crippen LogP contribution in [0.5, 0.6) is 0 Å². The standard InChI is InChI=1S/C14H20N2OS.ClH/c1-14(2,12-4-3-5-18-12)13(17)16-8-10-6-15-7-11(10)9-16;/h3-5,10-11,15H,6-9H2,1-2H3;1H/t10-,11+;. The number of carbonyl (C=O) groups is 1. The van der Waals surface area contributed by atoms with Gasteiger partial charge >= 0.3 is 0 Å². The van der Waals surface area contributed by atoms with E-state index in [1.807, 2.05) is 25.3 Å². The van der Waals surface area contributed by atoms with Crippen LogP contribution in [0.1, 0.15) is 18.7 Å². The molecule has 0 bridgehead atoms. The SMILES string of the molecule is CC(C)(C(=O)N1C[C@H]2CNC[C@H]2C1)c1cccs1.Cl. The van der Waals surface area contributed by atoms with Crippen molar-refractivity contribution in [3.05, 3.63) is 22.4 Å². The summed E-state index contributed by atoms with van der Waals surface area (Å²) in [6.07, 6.45) is 0. The van der Waals surface area contributed by atoms with E-state index in [9.17, 15) is 4.79 Å². The molecule has 0 radical (unpaired) electrons. The Balaban J connectivity index is 0.00000133. The van der Waals surface area contributed by atoms with E-state index < -0.39 is 0 Å². The molecule has 3 heterocycles. The first-order valence-corrected chi connectivity index (χ1v) is 7.51. The molecule has 0 saturated carbocycles. The van der Waals surface area contributed by atoms with Crippen LogP contribution < -0.4 is 5.32 Å². The Morgan fingerprint density at radius 2 is 2.00 bits per heavy atom. The number of nitrogens with one attached hydrogen (secondary N) is 1. The molecule has 2 atom stereocenters. The third-order valence-electron chi connectivity index (χ3n) is 4.35. The number of hydrogen-bond acceptors (Lipinski definition) is 3. The predicted octanol–water partition coefficient (Wildman–Crippen LogP) is 2.13. The second-order valence-corrected chi connectivity index (χ2v) is 6.94. The van der Waals surface area contributed by atoms with Crippen molar-refractivity contribution in [3.63, 3.8) is 0 Å². The molecule has 0 spiro atoms. The Labute approximate surface area is 124 Å². The maximum absolute atomic E-state index is 12.7. The van der Waals surface area contributed by atoms with Gasteiger partial charge in [-0.25, -0.2) is 0 Å². The molecule has 0 unspecified atom stereocenters. The van der Waals surface area contributed by atoms with E-state index >= 15 is 0 Å². The third kappa shape index (κ3) is 2.54. The number of halogens is 1. The molecule has 106 valence electrons. The highest BCUT2D eigenvalue weighted by Crippen LogP contribution is 2.33. The molecule has 3 nitrogen and oxygen atoms in total. The van der Waals surface area contributed by atoms with E-state index in [2.05, 4.69) is 16.3 Å². The number of likely N-dealkylation sites (tertiary alicyclic amines) is 1. The van der Waals surface area contributed by atoms with E-state index in [4.69, 9.17) is 0 Å². The maximum Gasteiger partial charge on any atom is 0.233 e. The van der Waals surface area contributed by atoms with Crippen LogP contribution in [-0.2, 0) is 10.2 Å². The molecule has 2 fully saturated rings. The van der Waals surface area contributed by atoms with E-state index in [1.165, 1.54) is 4.88 Å². The first kappa shape index (κ1) is 14.8. The highest BCUT2D eigenvalue weighted by molar-refractivity contribution is 7.10. The Morgan fingerprint density at radius 1 is 1.37 bits per heavy atom. The molecule has 1 aromatic rings. The van der Waals surface area contributed by atoms with Gasteiger partial charge in [-0.2, -0.15) is 0 Å². The molecule has 0 aliphatic carbocycles. The predicted molar refractivity (Wildman–Crippen MR) is 81.0 cm³/mol. The molecule has 2 saturated heterocycles. The van der Waals surface area contributed by atoms with Crippen molar-refractivity contribution in [2.75, 3.05) is 26.2 Å². The molecule has 2 aliphatic heterocycles. The fraction of sp³-hybridized carbons (Fsp3) is 0.643. The maximum atomic E-state index is 12.7.